The van der Waals surface area contributed by atoms with Crippen LogP contribution in [0.3, 0.4) is 0 Å². The van der Waals surface area contributed by atoms with Gasteiger partial charge in [-0.05, 0) is 50.1 Å². The second kappa shape index (κ2) is 9.13. The molecule has 0 saturated carbocycles. The zero-order chi connectivity index (χ0) is 21.8. The number of carbonyl (C=O) groups excluding carboxylic acids is 1. The highest BCUT2D eigenvalue weighted by Crippen LogP contribution is 2.24. The molecule has 0 saturated heterocycles. The molecule has 0 aliphatic rings. The van der Waals surface area contributed by atoms with Gasteiger partial charge in [0.1, 0.15) is 12.2 Å². The summed E-state index contributed by atoms with van der Waals surface area (Å²) in [5.74, 6) is 1.56. The zero-order valence-electron chi connectivity index (χ0n) is 17.6. The fourth-order valence-corrected chi connectivity index (χ4v) is 4.04. The molecule has 158 valence electrons. The van der Waals surface area contributed by atoms with Gasteiger partial charge in [0.05, 0.1) is 18.0 Å². The molecule has 2 aromatic carbocycles. The predicted molar refractivity (Wildman–Crippen MR) is 119 cm³/mol. The monoisotopic (exact) mass is 433 g/mol. The number of hydrogen-bond donors (Lipinski definition) is 1. The van der Waals surface area contributed by atoms with Crippen molar-refractivity contribution in [3.63, 3.8) is 0 Å². The lowest BCUT2D eigenvalue weighted by Gasteiger charge is -2.12. The molecule has 1 N–H and O–H groups in total. The van der Waals surface area contributed by atoms with Gasteiger partial charge in [-0.25, -0.2) is 0 Å². The van der Waals surface area contributed by atoms with E-state index in [0.29, 0.717) is 11.0 Å². The van der Waals surface area contributed by atoms with Gasteiger partial charge in [-0.15, -0.1) is 20.4 Å². The van der Waals surface area contributed by atoms with Crippen LogP contribution in [0.4, 0.5) is 0 Å². The Morgan fingerprint density at radius 1 is 1.03 bits per heavy atom. The van der Waals surface area contributed by atoms with Crippen LogP contribution in [-0.4, -0.2) is 41.2 Å². The van der Waals surface area contributed by atoms with Crippen molar-refractivity contribution >= 4 is 17.7 Å². The standard InChI is InChI=1S/C22H23N7OS/c1-15-9-10-16(2)19(11-15)29-17(3)25-27-22(29)31-13-21(30)23-12-20-26-24-14-28(20)18-7-5-4-6-8-18/h4-11,14H,12-13H2,1-3H3,(H,23,30). The summed E-state index contributed by atoms with van der Waals surface area (Å²) in [7, 11) is 0. The molecule has 0 radical (unpaired) electrons. The lowest BCUT2D eigenvalue weighted by atomic mass is 10.1. The molecule has 2 aromatic heterocycles. The molecule has 4 rings (SSSR count). The molecule has 0 bridgehead atoms. The summed E-state index contributed by atoms with van der Waals surface area (Å²) in [4.78, 5) is 12.5. The number of nitrogens with one attached hydrogen (secondary N) is 1. The molecule has 9 heteroatoms. The number of benzene rings is 2. The second-order valence-electron chi connectivity index (χ2n) is 7.17. The van der Waals surface area contributed by atoms with Crippen molar-refractivity contribution in [2.24, 2.45) is 0 Å². The van der Waals surface area contributed by atoms with E-state index >= 15 is 0 Å². The van der Waals surface area contributed by atoms with Crippen LogP contribution in [0.1, 0.15) is 22.8 Å². The Kier molecular flexibility index (Phi) is 6.13. The van der Waals surface area contributed by atoms with E-state index < -0.39 is 0 Å². The van der Waals surface area contributed by atoms with Crippen LogP contribution in [0.2, 0.25) is 0 Å². The highest BCUT2D eigenvalue weighted by molar-refractivity contribution is 7.99. The quantitative estimate of drug-likeness (QED) is 0.450. The Hall–Kier alpha value is -3.46. The molecule has 31 heavy (non-hydrogen) atoms. The SMILES string of the molecule is Cc1ccc(C)c(-n2c(C)nnc2SCC(=O)NCc2nncn2-c2ccccc2)c1. The first kappa shape index (κ1) is 20.8. The predicted octanol–water partition coefficient (Wildman–Crippen LogP) is 3.18. The van der Waals surface area contributed by atoms with Crippen LogP contribution in [-0.2, 0) is 11.3 Å². The Morgan fingerprint density at radius 3 is 2.65 bits per heavy atom. The van der Waals surface area contributed by atoms with Crippen molar-refractivity contribution < 1.29 is 4.79 Å². The van der Waals surface area contributed by atoms with Crippen LogP contribution in [0.15, 0.2) is 60.0 Å². The molecule has 0 unspecified atom stereocenters. The van der Waals surface area contributed by atoms with E-state index in [1.54, 1.807) is 6.33 Å². The summed E-state index contributed by atoms with van der Waals surface area (Å²) >= 11 is 1.36. The normalized spacial score (nSPS) is 10.9. The lowest BCUT2D eigenvalue weighted by molar-refractivity contribution is -0.118. The second-order valence-corrected chi connectivity index (χ2v) is 8.12. The first-order valence-corrected chi connectivity index (χ1v) is 10.8. The molecule has 0 spiro atoms. The number of thioether (sulfide) groups is 1. The average Bonchev–Trinajstić information content (AvgIpc) is 3.39. The molecular formula is C22H23N7OS. The first-order valence-electron chi connectivity index (χ1n) is 9.86. The summed E-state index contributed by atoms with van der Waals surface area (Å²) in [5, 5.41) is 20.2. The van der Waals surface area contributed by atoms with Crippen molar-refractivity contribution in [2.45, 2.75) is 32.5 Å². The number of carbonyl (C=O) groups is 1. The molecule has 2 heterocycles. The minimum Gasteiger partial charge on any atom is -0.348 e. The van der Waals surface area contributed by atoms with E-state index in [2.05, 4.69) is 57.8 Å². The number of hydrogen-bond acceptors (Lipinski definition) is 6. The summed E-state index contributed by atoms with van der Waals surface area (Å²) in [6.45, 7) is 6.31. The third-order valence-corrected chi connectivity index (χ3v) is 5.76. The van der Waals surface area contributed by atoms with Gasteiger partial charge >= 0.3 is 0 Å². The summed E-state index contributed by atoms with van der Waals surface area (Å²) < 4.78 is 3.85. The Morgan fingerprint density at radius 2 is 1.84 bits per heavy atom. The van der Waals surface area contributed by atoms with Gasteiger partial charge in [-0.1, -0.05) is 42.1 Å². The molecule has 4 aromatic rings. The fraction of sp³-hybridized carbons (Fsp3) is 0.227. The van der Waals surface area contributed by atoms with Crippen LogP contribution >= 0.6 is 11.8 Å². The topological polar surface area (TPSA) is 90.5 Å². The number of para-hydroxylation sites is 1. The van der Waals surface area contributed by atoms with Gasteiger partial charge in [-0.2, -0.15) is 0 Å². The van der Waals surface area contributed by atoms with E-state index in [0.717, 1.165) is 28.3 Å². The number of rotatable bonds is 7. The number of aryl methyl sites for hydroxylation is 3. The van der Waals surface area contributed by atoms with Gasteiger partial charge < -0.3 is 5.32 Å². The lowest BCUT2D eigenvalue weighted by Crippen LogP contribution is -2.26. The maximum atomic E-state index is 12.5. The van der Waals surface area contributed by atoms with E-state index in [4.69, 9.17) is 0 Å². The van der Waals surface area contributed by atoms with Crippen LogP contribution in [0, 0.1) is 20.8 Å². The van der Waals surface area contributed by atoms with Gasteiger partial charge in [-0.3, -0.25) is 13.9 Å². The highest BCUT2D eigenvalue weighted by atomic mass is 32.2. The van der Waals surface area contributed by atoms with Crippen LogP contribution in [0.5, 0.6) is 0 Å². The molecule has 0 atom stereocenters. The molecular weight excluding hydrogens is 410 g/mol. The zero-order valence-corrected chi connectivity index (χ0v) is 18.4. The molecule has 0 aliphatic carbocycles. The fourth-order valence-electron chi connectivity index (χ4n) is 3.22. The largest absolute Gasteiger partial charge is 0.348 e. The average molecular weight is 434 g/mol. The van der Waals surface area contributed by atoms with Gasteiger partial charge in [0.15, 0.2) is 11.0 Å². The van der Waals surface area contributed by atoms with Crippen molar-refractivity contribution in [1.29, 1.82) is 0 Å². The summed E-state index contributed by atoms with van der Waals surface area (Å²) in [6, 6.07) is 16.0. The Bertz CT molecular complexity index is 1200. The van der Waals surface area contributed by atoms with Crippen molar-refractivity contribution in [1.82, 2.24) is 34.8 Å². The van der Waals surface area contributed by atoms with Crippen molar-refractivity contribution in [3.05, 3.63) is 77.6 Å². The minimum absolute atomic E-state index is 0.110. The third kappa shape index (κ3) is 4.66. The minimum atomic E-state index is -0.110. The maximum Gasteiger partial charge on any atom is 0.230 e. The van der Waals surface area contributed by atoms with Gasteiger partial charge in [0.25, 0.3) is 0 Å². The number of aromatic nitrogens is 6. The van der Waals surface area contributed by atoms with E-state index in [-0.39, 0.29) is 18.2 Å². The molecule has 0 fully saturated rings. The molecule has 0 aliphatic heterocycles. The summed E-state index contributed by atoms with van der Waals surface area (Å²) in [5.41, 5.74) is 4.26. The van der Waals surface area contributed by atoms with Crippen LogP contribution in [0.25, 0.3) is 11.4 Å². The Labute approximate surface area is 184 Å². The van der Waals surface area contributed by atoms with Gasteiger partial charge in [0.2, 0.25) is 5.91 Å². The van der Waals surface area contributed by atoms with Crippen LogP contribution < -0.4 is 5.32 Å². The van der Waals surface area contributed by atoms with E-state index in [1.165, 1.54) is 11.8 Å². The third-order valence-electron chi connectivity index (χ3n) is 4.83. The first-order chi connectivity index (χ1) is 15.0. The Balaban J connectivity index is 1.41. The molecule has 8 nitrogen and oxygen atoms in total. The molecule has 1 amide bonds. The van der Waals surface area contributed by atoms with E-state index in [1.807, 2.05) is 46.4 Å². The number of amides is 1. The van der Waals surface area contributed by atoms with Crippen molar-refractivity contribution in [3.8, 4) is 11.4 Å². The maximum absolute atomic E-state index is 12.5. The smallest absolute Gasteiger partial charge is 0.230 e. The van der Waals surface area contributed by atoms with Gasteiger partial charge in [0, 0.05) is 5.69 Å². The van der Waals surface area contributed by atoms with Crippen molar-refractivity contribution in [2.75, 3.05) is 5.75 Å². The summed E-state index contributed by atoms with van der Waals surface area (Å²) in [6.07, 6.45) is 1.64. The number of nitrogens with zero attached hydrogens (tertiary/aromatic N) is 6. The van der Waals surface area contributed by atoms with E-state index in [9.17, 15) is 4.79 Å². The highest BCUT2D eigenvalue weighted by Gasteiger charge is 2.15.